The molecule has 0 amide bonds. The topological polar surface area (TPSA) is 71.1 Å². The molecule has 1 unspecified atom stereocenters. The smallest absolute Gasteiger partial charge is 0.306 e. The highest BCUT2D eigenvalue weighted by molar-refractivity contribution is 8.51. The molecule has 0 aliphatic rings. The lowest BCUT2D eigenvalue weighted by Gasteiger charge is -2.32. The number of esters is 2. The van der Waals surface area contributed by atoms with Crippen molar-refractivity contribution < 1.29 is 32.6 Å². The zero-order valence-corrected chi connectivity index (χ0v) is 35.9. The standard InChI is InChI=1S/C40H80NO6PS2/c1-6-8-10-12-14-16-18-20-22-24-26-28-30-32-39(42)44-36-38(37-46-48(49,50)45-35-34-41(3,4)5)47-40(43)33-31-29-27-25-23-21-19-17-15-13-11-9-7-2/h38H,6-37H2,1-5H3/t38-/m1/s1. The SMILES string of the molecule is CCCCCCCCCCCCCCCC(=O)OC[C@H](COP(=S)([S-])OCC[N+](C)(C)C)OC(=O)CCCCCCCCCCCCCCC. The molecule has 0 aromatic rings. The lowest BCUT2D eigenvalue weighted by atomic mass is 10.0. The number of nitrogens with zero attached hydrogens (tertiary/aromatic N) is 1. The Bertz CT molecular complexity index is 841. The number of carbonyl (C=O) groups is 2. The second-order valence-corrected chi connectivity index (χ2v) is 20.4. The van der Waals surface area contributed by atoms with Crippen LogP contribution in [0.15, 0.2) is 0 Å². The van der Waals surface area contributed by atoms with Crippen molar-refractivity contribution in [3.63, 3.8) is 0 Å². The number of ether oxygens (including phenoxy) is 2. The van der Waals surface area contributed by atoms with Crippen LogP contribution in [-0.4, -0.2) is 70.0 Å². The quantitative estimate of drug-likeness (QED) is 0.0202. The first-order chi connectivity index (χ1) is 24.0. The van der Waals surface area contributed by atoms with Crippen molar-refractivity contribution in [2.75, 3.05) is 47.5 Å². The van der Waals surface area contributed by atoms with Crippen LogP contribution in [0.3, 0.4) is 0 Å². The average Bonchev–Trinajstić information content (AvgIpc) is 3.06. The number of unbranched alkanes of at least 4 members (excludes halogenated alkanes) is 24. The number of quaternary nitrogens is 1. The third-order valence-corrected chi connectivity index (χ3v) is 11.4. The predicted octanol–water partition coefficient (Wildman–Crippen LogP) is 11.9. The van der Waals surface area contributed by atoms with Gasteiger partial charge in [-0.2, -0.15) is 0 Å². The Hall–Kier alpha value is -0.180. The molecule has 0 radical (unpaired) electrons. The first kappa shape index (κ1) is 49.8. The molecule has 2 atom stereocenters. The molecule has 0 saturated carbocycles. The molecule has 0 aromatic carbocycles. The van der Waals surface area contributed by atoms with E-state index in [-0.39, 0.29) is 25.2 Å². The second-order valence-electron chi connectivity index (χ2n) is 15.4. The van der Waals surface area contributed by atoms with Crippen LogP contribution in [0.5, 0.6) is 0 Å². The van der Waals surface area contributed by atoms with E-state index in [0.717, 1.165) is 49.6 Å². The summed E-state index contributed by atoms with van der Waals surface area (Å²) in [7, 11) is 6.20. The minimum absolute atomic E-state index is 0.0402. The van der Waals surface area contributed by atoms with Crippen LogP contribution in [0.1, 0.15) is 194 Å². The Labute approximate surface area is 320 Å². The fourth-order valence-electron chi connectivity index (χ4n) is 5.83. The van der Waals surface area contributed by atoms with Crippen molar-refractivity contribution >= 4 is 41.7 Å². The third kappa shape index (κ3) is 37.6. The van der Waals surface area contributed by atoms with Gasteiger partial charge in [-0.15, -0.1) is 0 Å². The molecule has 0 spiro atoms. The second kappa shape index (κ2) is 34.6. The maximum Gasteiger partial charge on any atom is 0.306 e. The Balaban J connectivity index is 4.36. The van der Waals surface area contributed by atoms with Gasteiger partial charge in [0.05, 0.1) is 33.4 Å². The molecule has 50 heavy (non-hydrogen) atoms. The highest BCUT2D eigenvalue weighted by atomic mass is 32.9. The van der Waals surface area contributed by atoms with E-state index >= 15 is 0 Å². The summed E-state index contributed by atoms with van der Waals surface area (Å²) in [4.78, 5) is 25.2. The lowest BCUT2D eigenvalue weighted by Crippen LogP contribution is -2.37. The number of rotatable bonds is 38. The van der Waals surface area contributed by atoms with Gasteiger partial charge in [-0.3, -0.25) is 9.59 Å². The largest absolute Gasteiger partial charge is 0.691 e. The maximum absolute atomic E-state index is 12.7. The van der Waals surface area contributed by atoms with Crippen molar-refractivity contribution in [1.82, 2.24) is 0 Å². The molecule has 0 aromatic heterocycles. The van der Waals surface area contributed by atoms with Gasteiger partial charge in [0.15, 0.2) is 6.10 Å². The molecular formula is C40H80NO6PS2. The molecule has 10 heteroatoms. The van der Waals surface area contributed by atoms with Crippen molar-refractivity contribution in [3.8, 4) is 0 Å². The van der Waals surface area contributed by atoms with Crippen LogP contribution in [0, 0.1) is 0 Å². The number of hydrogen-bond acceptors (Lipinski definition) is 8. The van der Waals surface area contributed by atoms with Crippen molar-refractivity contribution in [2.24, 2.45) is 0 Å². The van der Waals surface area contributed by atoms with Crippen molar-refractivity contribution in [2.45, 2.75) is 200 Å². The third-order valence-electron chi connectivity index (χ3n) is 9.13. The monoisotopic (exact) mass is 766 g/mol. The van der Waals surface area contributed by atoms with Crippen LogP contribution in [0.4, 0.5) is 0 Å². The zero-order chi connectivity index (χ0) is 37.2. The summed E-state index contributed by atoms with van der Waals surface area (Å²) in [5, 5.41) is 0. The summed E-state index contributed by atoms with van der Waals surface area (Å²) in [5.41, 5.74) is -2.94. The fraction of sp³-hybridized carbons (Fsp3) is 0.950. The van der Waals surface area contributed by atoms with E-state index in [1.165, 1.54) is 128 Å². The molecule has 7 nitrogen and oxygen atoms in total. The van der Waals surface area contributed by atoms with Gasteiger partial charge in [0.2, 0.25) is 0 Å². The molecular weight excluding hydrogens is 686 g/mol. The van der Waals surface area contributed by atoms with E-state index in [1.54, 1.807) is 0 Å². The number of carbonyl (C=O) groups excluding carboxylic acids is 2. The number of likely N-dealkylation sites (N-methyl/N-ethyl adjacent to an activating group) is 1. The normalized spacial score (nSPS) is 13.6. The van der Waals surface area contributed by atoms with E-state index in [4.69, 9.17) is 42.6 Å². The van der Waals surface area contributed by atoms with Gasteiger partial charge < -0.3 is 35.3 Å². The fourth-order valence-corrected chi connectivity index (χ4v) is 7.37. The maximum atomic E-state index is 12.7. The Morgan fingerprint density at radius 3 is 1.30 bits per heavy atom. The van der Waals surface area contributed by atoms with Gasteiger partial charge in [-0.1, -0.05) is 180 Å². The Kier molecular flexibility index (Phi) is 34.5. The molecule has 0 N–H and O–H groups in total. The predicted molar refractivity (Wildman–Crippen MR) is 218 cm³/mol. The van der Waals surface area contributed by atoms with Gasteiger partial charge in [-0.05, 0) is 12.8 Å². The van der Waals surface area contributed by atoms with E-state index in [0.29, 0.717) is 19.4 Å². The molecule has 0 bridgehead atoms. The Morgan fingerprint density at radius 1 is 0.560 bits per heavy atom. The summed E-state index contributed by atoms with van der Waals surface area (Å²) in [6.07, 6.45) is 32.5. The molecule has 0 saturated heterocycles. The summed E-state index contributed by atoms with van der Waals surface area (Å²) in [6, 6.07) is 0. The molecule has 0 fully saturated rings. The lowest BCUT2D eigenvalue weighted by molar-refractivity contribution is -0.870. The van der Waals surface area contributed by atoms with Gasteiger partial charge >= 0.3 is 11.9 Å². The van der Waals surface area contributed by atoms with Crippen molar-refractivity contribution in [1.29, 1.82) is 0 Å². The van der Waals surface area contributed by atoms with Crippen LogP contribution >= 0.6 is 5.69 Å². The van der Waals surface area contributed by atoms with Gasteiger partial charge in [0, 0.05) is 12.8 Å². The van der Waals surface area contributed by atoms with E-state index in [2.05, 4.69) is 35.0 Å². The summed E-state index contributed by atoms with van der Waals surface area (Å²) >= 11 is 10.9. The van der Waals surface area contributed by atoms with Crippen LogP contribution in [0.2, 0.25) is 0 Å². The van der Waals surface area contributed by atoms with Crippen LogP contribution in [0.25, 0.3) is 0 Å². The highest BCUT2D eigenvalue weighted by Crippen LogP contribution is 2.46. The van der Waals surface area contributed by atoms with Crippen LogP contribution < -0.4 is 0 Å². The summed E-state index contributed by atoms with van der Waals surface area (Å²) in [6.45, 7) is 5.55. The molecule has 0 aliphatic heterocycles. The molecule has 0 rings (SSSR count). The number of hydrogen-bond donors (Lipinski definition) is 0. The summed E-state index contributed by atoms with van der Waals surface area (Å²) in [5.74, 6) is -0.583. The van der Waals surface area contributed by atoms with Gasteiger partial charge in [0.25, 0.3) is 0 Å². The van der Waals surface area contributed by atoms with E-state index < -0.39 is 11.8 Å². The van der Waals surface area contributed by atoms with E-state index in [9.17, 15) is 9.59 Å². The summed E-state index contributed by atoms with van der Waals surface area (Å²) < 4.78 is 23.5. The minimum atomic E-state index is -2.94. The van der Waals surface area contributed by atoms with Gasteiger partial charge in [-0.25, -0.2) is 0 Å². The zero-order valence-electron chi connectivity index (χ0n) is 33.4. The Morgan fingerprint density at radius 2 is 0.920 bits per heavy atom. The molecule has 0 aliphatic carbocycles. The average molecular weight is 766 g/mol. The first-order valence-corrected chi connectivity index (χ1v) is 24.4. The molecule has 298 valence electrons. The van der Waals surface area contributed by atoms with Crippen molar-refractivity contribution in [3.05, 3.63) is 0 Å². The minimum Gasteiger partial charge on any atom is -0.691 e. The van der Waals surface area contributed by atoms with Crippen LogP contribution in [-0.2, 0) is 52.2 Å². The molecule has 0 heterocycles. The first-order valence-electron chi connectivity index (χ1n) is 20.7. The van der Waals surface area contributed by atoms with E-state index in [1.807, 2.05) is 0 Å². The highest BCUT2D eigenvalue weighted by Gasteiger charge is 2.20. The van der Waals surface area contributed by atoms with Gasteiger partial charge in [0.1, 0.15) is 19.8 Å².